The van der Waals surface area contributed by atoms with Gasteiger partial charge in [0.2, 0.25) is 5.91 Å². The van der Waals surface area contributed by atoms with Crippen molar-refractivity contribution in [1.82, 2.24) is 4.98 Å². The van der Waals surface area contributed by atoms with Crippen LogP contribution >= 0.6 is 35.3 Å². The SMILES string of the molecule is CCC(Sc1cccc(NC(=S)Nc2ccc(C(C)=O)cc2)c1)C(=O)Nc1nc(-c2ccccc2)c(C)s1. The molecule has 3 N–H and O–H groups in total. The number of benzene rings is 3. The molecule has 1 unspecified atom stereocenters. The van der Waals surface area contributed by atoms with Gasteiger partial charge in [-0.05, 0) is 75.0 Å². The number of thioether (sulfide) groups is 1. The zero-order valence-electron chi connectivity index (χ0n) is 21.3. The summed E-state index contributed by atoms with van der Waals surface area (Å²) in [5, 5.41) is 10.1. The third kappa shape index (κ3) is 7.28. The molecular weight excluding hydrogens is 533 g/mol. The van der Waals surface area contributed by atoms with E-state index in [1.807, 2.05) is 80.6 Å². The summed E-state index contributed by atoms with van der Waals surface area (Å²) >= 11 is 8.44. The predicted molar refractivity (Wildman–Crippen MR) is 164 cm³/mol. The molecule has 0 saturated heterocycles. The second-order valence-corrected chi connectivity index (χ2v) is 11.4. The van der Waals surface area contributed by atoms with Crippen LogP contribution in [0.15, 0.2) is 83.8 Å². The number of hydrogen-bond acceptors (Lipinski definition) is 6. The molecule has 194 valence electrons. The van der Waals surface area contributed by atoms with Crippen molar-refractivity contribution < 1.29 is 9.59 Å². The van der Waals surface area contributed by atoms with E-state index in [2.05, 4.69) is 20.9 Å². The van der Waals surface area contributed by atoms with Gasteiger partial charge in [0.05, 0.1) is 10.9 Å². The molecule has 0 aliphatic carbocycles. The van der Waals surface area contributed by atoms with Crippen molar-refractivity contribution in [2.24, 2.45) is 0 Å². The fourth-order valence-corrected chi connectivity index (χ4v) is 5.80. The number of hydrogen-bond donors (Lipinski definition) is 3. The second kappa shape index (κ2) is 12.8. The number of carbonyl (C=O) groups is 2. The Morgan fingerprint density at radius 3 is 2.34 bits per heavy atom. The van der Waals surface area contributed by atoms with E-state index in [0.717, 1.165) is 32.4 Å². The van der Waals surface area contributed by atoms with Gasteiger partial charge in [0.1, 0.15) is 0 Å². The lowest BCUT2D eigenvalue weighted by Crippen LogP contribution is -2.24. The number of ketones is 1. The topological polar surface area (TPSA) is 83.1 Å². The van der Waals surface area contributed by atoms with Crippen LogP contribution < -0.4 is 16.0 Å². The summed E-state index contributed by atoms with van der Waals surface area (Å²) in [6.45, 7) is 5.55. The van der Waals surface area contributed by atoms with Crippen LogP contribution in [0.3, 0.4) is 0 Å². The summed E-state index contributed by atoms with van der Waals surface area (Å²) in [6, 6.07) is 24.9. The van der Waals surface area contributed by atoms with Crippen molar-refractivity contribution in [2.45, 2.75) is 37.3 Å². The Morgan fingerprint density at radius 1 is 0.947 bits per heavy atom. The number of thiocarbonyl (C=S) groups is 1. The van der Waals surface area contributed by atoms with Crippen LogP contribution in [0.4, 0.5) is 16.5 Å². The fraction of sp³-hybridized carbons (Fsp3) is 0.172. The highest BCUT2D eigenvalue weighted by atomic mass is 32.2. The first-order valence-corrected chi connectivity index (χ1v) is 14.2. The Kier molecular flexibility index (Phi) is 9.28. The Balaban J connectivity index is 1.36. The second-order valence-electron chi connectivity index (χ2n) is 8.53. The van der Waals surface area contributed by atoms with Gasteiger partial charge in [-0.2, -0.15) is 0 Å². The molecule has 0 bridgehead atoms. The van der Waals surface area contributed by atoms with Crippen molar-refractivity contribution in [3.05, 3.63) is 89.3 Å². The number of anilines is 3. The number of aryl methyl sites for hydroxylation is 1. The predicted octanol–water partition coefficient (Wildman–Crippen LogP) is 7.64. The van der Waals surface area contributed by atoms with E-state index in [1.165, 1.54) is 30.0 Å². The van der Waals surface area contributed by atoms with E-state index in [4.69, 9.17) is 12.2 Å². The van der Waals surface area contributed by atoms with Crippen LogP contribution in [0.1, 0.15) is 35.5 Å². The largest absolute Gasteiger partial charge is 0.332 e. The number of nitrogens with zero attached hydrogens (tertiary/aromatic N) is 1. The van der Waals surface area contributed by atoms with Gasteiger partial charge < -0.3 is 16.0 Å². The Morgan fingerprint density at radius 2 is 1.66 bits per heavy atom. The smallest absolute Gasteiger partial charge is 0.239 e. The average molecular weight is 561 g/mol. The van der Waals surface area contributed by atoms with Gasteiger partial charge in [0.15, 0.2) is 16.0 Å². The number of Topliss-reactive ketones (excluding diaryl/α,β-unsaturated/α-hetero) is 1. The Bertz CT molecular complexity index is 1440. The summed E-state index contributed by atoms with van der Waals surface area (Å²) in [4.78, 5) is 31.2. The average Bonchev–Trinajstić information content (AvgIpc) is 3.27. The zero-order valence-corrected chi connectivity index (χ0v) is 23.7. The third-order valence-electron chi connectivity index (χ3n) is 5.66. The lowest BCUT2D eigenvalue weighted by Gasteiger charge is -2.15. The lowest BCUT2D eigenvalue weighted by molar-refractivity contribution is -0.115. The summed E-state index contributed by atoms with van der Waals surface area (Å²) in [7, 11) is 0. The minimum absolute atomic E-state index is 0.0179. The number of rotatable bonds is 9. The van der Waals surface area contributed by atoms with Gasteiger partial charge in [0.25, 0.3) is 0 Å². The summed E-state index contributed by atoms with van der Waals surface area (Å²) in [5.41, 5.74) is 4.17. The van der Waals surface area contributed by atoms with E-state index < -0.39 is 0 Å². The van der Waals surface area contributed by atoms with E-state index in [1.54, 1.807) is 12.1 Å². The number of aromatic nitrogens is 1. The molecule has 1 amide bonds. The monoisotopic (exact) mass is 560 g/mol. The minimum atomic E-state index is -0.278. The first kappa shape index (κ1) is 27.5. The standard InChI is InChI=1S/C29H28N4O2S3/c1-4-25(27(35)33-29-32-26(19(3)37-29)21-9-6-5-7-10-21)38-24-12-8-11-23(17-24)31-28(36)30-22-15-13-20(14-16-22)18(2)34/h5-17,25H,4H2,1-3H3,(H2,30,31,36)(H,32,33,35). The molecule has 38 heavy (non-hydrogen) atoms. The molecule has 1 aromatic heterocycles. The molecule has 0 radical (unpaired) electrons. The van der Waals surface area contributed by atoms with Crippen LogP contribution in [0.5, 0.6) is 0 Å². The molecule has 6 nitrogen and oxygen atoms in total. The van der Waals surface area contributed by atoms with Crippen molar-refractivity contribution in [3.63, 3.8) is 0 Å². The van der Waals surface area contributed by atoms with Gasteiger partial charge in [0, 0.05) is 32.3 Å². The summed E-state index contributed by atoms with van der Waals surface area (Å²) in [6.07, 6.45) is 0.667. The number of nitrogens with one attached hydrogen (secondary N) is 3. The normalized spacial score (nSPS) is 11.4. The molecule has 0 saturated carbocycles. The number of thiazole rings is 1. The van der Waals surface area contributed by atoms with E-state index >= 15 is 0 Å². The van der Waals surface area contributed by atoms with Crippen molar-refractivity contribution in [3.8, 4) is 11.3 Å². The fourth-order valence-electron chi connectivity index (χ4n) is 3.72. The van der Waals surface area contributed by atoms with E-state index in [9.17, 15) is 9.59 Å². The van der Waals surface area contributed by atoms with Crippen molar-refractivity contribution in [1.29, 1.82) is 0 Å². The number of amides is 1. The molecule has 3 aromatic carbocycles. The van der Waals surface area contributed by atoms with E-state index in [0.29, 0.717) is 22.2 Å². The molecule has 0 aliphatic rings. The molecule has 0 aliphatic heterocycles. The van der Waals surface area contributed by atoms with E-state index in [-0.39, 0.29) is 16.9 Å². The molecule has 9 heteroatoms. The molecular formula is C29H28N4O2S3. The summed E-state index contributed by atoms with van der Waals surface area (Å²) < 4.78 is 0. The lowest BCUT2D eigenvalue weighted by atomic mass is 10.1. The first-order valence-electron chi connectivity index (χ1n) is 12.1. The molecule has 1 heterocycles. The van der Waals surface area contributed by atoms with Crippen LogP contribution in [0.2, 0.25) is 0 Å². The van der Waals surface area contributed by atoms with Crippen molar-refractivity contribution in [2.75, 3.05) is 16.0 Å². The maximum atomic E-state index is 13.1. The van der Waals surface area contributed by atoms with Gasteiger partial charge in [-0.25, -0.2) is 4.98 Å². The minimum Gasteiger partial charge on any atom is -0.332 e. The maximum Gasteiger partial charge on any atom is 0.239 e. The van der Waals surface area contributed by atoms with Crippen molar-refractivity contribution >= 4 is 68.6 Å². The van der Waals surface area contributed by atoms with Crippen LogP contribution in [-0.4, -0.2) is 27.0 Å². The molecule has 0 fully saturated rings. The molecule has 0 spiro atoms. The van der Waals surface area contributed by atoms with Gasteiger partial charge in [-0.3, -0.25) is 9.59 Å². The Hall–Kier alpha value is -3.53. The highest BCUT2D eigenvalue weighted by Gasteiger charge is 2.20. The molecule has 1 atom stereocenters. The van der Waals surface area contributed by atoms with Gasteiger partial charge in [-0.1, -0.05) is 43.3 Å². The van der Waals surface area contributed by atoms with Gasteiger partial charge >= 0.3 is 0 Å². The highest BCUT2D eigenvalue weighted by Crippen LogP contribution is 2.32. The third-order valence-corrected chi connectivity index (χ3v) is 8.11. The summed E-state index contributed by atoms with van der Waals surface area (Å²) in [5.74, 6) is -0.0558. The first-order chi connectivity index (χ1) is 18.3. The van der Waals surface area contributed by atoms with Gasteiger partial charge in [-0.15, -0.1) is 23.1 Å². The van der Waals surface area contributed by atoms with Crippen LogP contribution in [0, 0.1) is 6.92 Å². The number of carbonyl (C=O) groups excluding carboxylic acids is 2. The van der Waals surface area contributed by atoms with Crippen LogP contribution in [-0.2, 0) is 4.79 Å². The zero-order chi connectivity index (χ0) is 27.1. The quantitative estimate of drug-likeness (QED) is 0.110. The molecule has 4 rings (SSSR count). The highest BCUT2D eigenvalue weighted by molar-refractivity contribution is 8.00. The molecule has 4 aromatic rings. The van der Waals surface area contributed by atoms with Crippen LogP contribution in [0.25, 0.3) is 11.3 Å². The Labute approximate surface area is 236 Å². The maximum absolute atomic E-state index is 13.1.